The van der Waals surface area contributed by atoms with Crippen molar-refractivity contribution in [1.82, 2.24) is 19.7 Å². The topological polar surface area (TPSA) is 51.0 Å². The molecular weight excluding hydrogens is 407 g/mol. The van der Waals surface area contributed by atoms with Gasteiger partial charge in [-0.2, -0.15) is 0 Å². The Morgan fingerprint density at radius 1 is 1.31 bits per heavy atom. The SMILES string of the molecule is CC(c1ccc(F)cc1)N(C)C(=O)CSc1nnc(Cc2cccs2)n1C1CC1. The third kappa shape index (κ3) is 4.70. The Balaban J connectivity index is 1.41. The van der Waals surface area contributed by atoms with Crippen molar-refractivity contribution in [3.63, 3.8) is 0 Å². The first-order valence-corrected chi connectivity index (χ1v) is 11.5. The molecule has 8 heteroatoms. The smallest absolute Gasteiger partial charge is 0.233 e. The molecule has 0 aliphatic heterocycles. The average Bonchev–Trinajstić information content (AvgIpc) is 3.28. The van der Waals surface area contributed by atoms with Crippen LogP contribution in [0.3, 0.4) is 0 Å². The van der Waals surface area contributed by atoms with E-state index in [4.69, 9.17) is 0 Å². The fourth-order valence-electron chi connectivity index (χ4n) is 3.20. The first kappa shape index (κ1) is 20.1. The summed E-state index contributed by atoms with van der Waals surface area (Å²) in [5, 5.41) is 11.7. The highest BCUT2D eigenvalue weighted by molar-refractivity contribution is 7.99. The molecule has 1 atom stereocenters. The van der Waals surface area contributed by atoms with Crippen LogP contribution in [0.15, 0.2) is 46.9 Å². The van der Waals surface area contributed by atoms with E-state index in [2.05, 4.69) is 26.2 Å². The molecule has 4 rings (SSSR count). The van der Waals surface area contributed by atoms with E-state index in [1.807, 2.05) is 13.0 Å². The zero-order valence-electron chi connectivity index (χ0n) is 16.4. The average molecular weight is 431 g/mol. The molecule has 1 aliphatic carbocycles. The van der Waals surface area contributed by atoms with Crippen molar-refractivity contribution in [1.29, 1.82) is 0 Å². The fourth-order valence-corrected chi connectivity index (χ4v) is 4.85. The first-order valence-electron chi connectivity index (χ1n) is 9.63. The molecule has 1 unspecified atom stereocenters. The molecule has 2 heterocycles. The van der Waals surface area contributed by atoms with Crippen molar-refractivity contribution in [2.75, 3.05) is 12.8 Å². The molecule has 29 heavy (non-hydrogen) atoms. The Kier molecular flexibility index (Phi) is 6.01. The van der Waals surface area contributed by atoms with Crippen LogP contribution >= 0.6 is 23.1 Å². The second kappa shape index (κ2) is 8.67. The number of benzene rings is 1. The minimum absolute atomic E-state index is 0.0111. The summed E-state index contributed by atoms with van der Waals surface area (Å²) in [5.74, 6) is 1.00. The molecule has 0 spiro atoms. The fraction of sp³-hybridized carbons (Fsp3) is 0.381. The van der Waals surface area contributed by atoms with E-state index in [0.717, 1.165) is 35.8 Å². The molecule has 1 fully saturated rings. The largest absolute Gasteiger partial charge is 0.338 e. The number of nitrogens with zero attached hydrogens (tertiary/aromatic N) is 4. The number of thioether (sulfide) groups is 1. The third-order valence-corrected chi connectivity index (χ3v) is 7.02. The molecule has 2 aromatic heterocycles. The molecule has 0 saturated heterocycles. The van der Waals surface area contributed by atoms with Gasteiger partial charge < -0.3 is 9.47 Å². The van der Waals surface area contributed by atoms with Gasteiger partial charge >= 0.3 is 0 Å². The molecule has 152 valence electrons. The summed E-state index contributed by atoms with van der Waals surface area (Å²) in [6, 6.07) is 10.8. The quantitative estimate of drug-likeness (QED) is 0.486. The van der Waals surface area contributed by atoms with Crippen molar-refractivity contribution >= 4 is 29.0 Å². The van der Waals surface area contributed by atoms with E-state index >= 15 is 0 Å². The van der Waals surface area contributed by atoms with Crippen molar-refractivity contribution in [3.8, 4) is 0 Å². The zero-order valence-corrected chi connectivity index (χ0v) is 18.0. The van der Waals surface area contributed by atoms with Gasteiger partial charge in [0.1, 0.15) is 11.6 Å². The molecule has 1 amide bonds. The Labute approximate surface area is 178 Å². The summed E-state index contributed by atoms with van der Waals surface area (Å²) < 4.78 is 15.4. The summed E-state index contributed by atoms with van der Waals surface area (Å²) in [6.45, 7) is 1.95. The summed E-state index contributed by atoms with van der Waals surface area (Å²) >= 11 is 3.16. The number of hydrogen-bond acceptors (Lipinski definition) is 5. The van der Waals surface area contributed by atoms with E-state index in [0.29, 0.717) is 11.8 Å². The lowest BCUT2D eigenvalue weighted by Crippen LogP contribution is -2.31. The van der Waals surface area contributed by atoms with Gasteiger partial charge in [-0.3, -0.25) is 4.79 Å². The van der Waals surface area contributed by atoms with Crippen molar-refractivity contribution in [2.24, 2.45) is 0 Å². The van der Waals surface area contributed by atoms with Crippen LogP contribution in [-0.2, 0) is 11.2 Å². The van der Waals surface area contributed by atoms with Crippen molar-refractivity contribution in [3.05, 3.63) is 63.9 Å². The van der Waals surface area contributed by atoms with Gasteiger partial charge in [-0.25, -0.2) is 4.39 Å². The van der Waals surface area contributed by atoms with Gasteiger partial charge in [0.2, 0.25) is 5.91 Å². The highest BCUT2D eigenvalue weighted by atomic mass is 32.2. The molecule has 1 saturated carbocycles. The number of rotatable bonds is 8. The number of amides is 1. The second-order valence-electron chi connectivity index (χ2n) is 7.28. The van der Waals surface area contributed by atoms with Crippen LogP contribution in [0.1, 0.15) is 48.1 Å². The summed E-state index contributed by atoms with van der Waals surface area (Å²) in [5.41, 5.74) is 0.909. The van der Waals surface area contributed by atoms with Gasteiger partial charge in [0.15, 0.2) is 5.16 Å². The number of carbonyl (C=O) groups is 1. The van der Waals surface area contributed by atoms with E-state index < -0.39 is 0 Å². The van der Waals surface area contributed by atoms with Gasteiger partial charge in [-0.05, 0) is 48.9 Å². The van der Waals surface area contributed by atoms with Gasteiger partial charge in [0.25, 0.3) is 0 Å². The second-order valence-corrected chi connectivity index (χ2v) is 9.25. The van der Waals surface area contributed by atoms with E-state index in [1.165, 1.54) is 28.8 Å². The molecule has 5 nitrogen and oxygen atoms in total. The van der Waals surface area contributed by atoms with Gasteiger partial charge in [0, 0.05) is 24.4 Å². The van der Waals surface area contributed by atoms with Crippen LogP contribution in [-0.4, -0.2) is 38.4 Å². The maximum Gasteiger partial charge on any atom is 0.233 e. The molecular formula is C21H23FN4OS2. The van der Waals surface area contributed by atoms with Crippen LogP contribution in [0.2, 0.25) is 0 Å². The van der Waals surface area contributed by atoms with Gasteiger partial charge in [-0.15, -0.1) is 21.5 Å². The maximum absolute atomic E-state index is 13.1. The number of halogens is 1. The van der Waals surface area contributed by atoms with Gasteiger partial charge in [0.05, 0.1) is 11.8 Å². The van der Waals surface area contributed by atoms with E-state index in [1.54, 1.807) is 35.4 Å². The maximum atomic E-state index is 13.1. The molecule has 3 aromatic rings. The number of carbonyl (C=O) groups excluding carboxylic acids is 1. The van der Waals surface area contributed by atoms with Crippen LogP contribution in [0, 0.1) is 5.82 Å². The molecule has 0 radical (unpaired) electrons. The number of thiophene rings is 1. The lowest BCUT2D eigenvalue weighted by atomic mass is 10.1. The lowest BCUT2D eigenvalue weighted by molar-refractivity contribution is -0.128. The van der Waals surface area contributed by atoms with Crippen LogP contribution < -0.4 is 0 Å². The predicted molar refractivity (Wildman–Crippen MR) is 114 cm³/mol. The first-order chi connectivity index (χ1) is 14.0. The van der Waals surface area contributed by atoms with Crippen LogP contribution in [0.25, 0.3) is 0 Å². The molecule has 0 N–H and O–H groups in total. The summed E-state index contributed by atoms with van der Waals surface area (Å²) in [4.78, 5) is 15.7. The van der Waals surface area contributed by atoms with Crippen molar-refractivity contribution < 1.29 is 9.18 Å². The minimum Gasteiger partial charge on any atom is -0.338 e. The Morgan fingerprint density at radius 2 is 2.07 bits per heavy atom. The summed E-state index contributed by atoms with van der Waals surface area (Å²) in [6.07, 6.45) is 3.05. The highest BCUT2D eigenvalue weighted by Crippen LogP contribution is 2.39. The lowest BCUT2D eigenvalue weighted by Gasteiger charge is -2.25. The highest BCUT2D eigenvalue weighted by Gasteiger charge is 2.30. The van der Waals surface area contributed by atoms with E-state index in [9.17, 15) is 9.18 Å². The zero-order chi connectivity index (χ0) is 20.4. The molecule has 0 bridgehead atoms. The minimum atomic E-state index is -0.275. The molecule has 1 aromatic carbocycles. The standard InChI is InChI=1S/C21H23FN4OS2/c1-14(15-5-7-16(22)8-6-15)25(2)20(27)13-29-21-24-23-19(26(21)17-9-10-17)12-18-4-3-11-28-18/h3-8,11,14,17H,9-10,12-13H2,1-2H3. The number of hydrogen-bond donors (Lipinski definition) is 0. The third-order valence-electron chi connectivity index (χ3n) is 5.21. The Bertz CT molecular complexity index is 967. The summed E-state index contributed by atoms with van der Waals surface area (Å²) in [7, 11) is 1.78. The van der Waals surface area contributed by atoms with Crippen LogP contribution in [0.5, 0.6) is 0 Å². The monoisotopic (exact) mass is 430 g/mol. The predicted octanol–water partition coefficient (Wildman–Crippen LogP) is 4.72. The van der Waals surface area contributed by atoms with Gasteiger partial charge in [-0.1, -0.05) is 30.0 Å². The molecule has 1 aliphatic rings. The number of aromatic nitrogens is 3. The van der Waals surface area contributed by atoms with E-state index in [-0.39, 0.29) is 17.8 Å². The normalized spacial score (nSPS) is 14.7. The van der Waals surface area contributed by atoms with Crippen LogP contribution in [0.4, 0.5) is 4.39 Å². The Morgan fingerprint density at radius 3 is 2.72 bits per heavy atom. The van der Waals surface area contributed by atoms with Crippen molar-refractivity contribution in [2.45, 2.75) is 43.4 Å². The Hall–Kier alpha value is -2.19.